The third-order valence-electron chi connectivity index (χ3n) is 4.80. The van der Waals surface area contributed by atoms with Gasteiger partial charge in [-0.2, -0.15) is 11.3 Å². The van der Waals surface area contributed by atoms with E-state index in [2.05, 4.69) is 32.2 Å². The predicted octanol–water partition coefficient (Wildman–Crippen LogP) is 4.56. The van der Waals surface area contributed by atoms with E-state index in [0.29, 0.717) is 11.6 Å². The first kappa shape index (κ1) is 17.0. The van der Waals surface area contributed by atoms with E-state index in [-0.39, 0.29) is 18.0 Å². The standard InChI is InChI=1S/C20H21N3O2S/c1-14-12-18(22-25-14)21-20(24)19(15-6-3-2-4-7-15)23-10-5-8-17(23)16-9-11-26-13-16/h2-4,6-7,9,11-13,17,19H,5,8,10H2,1H3,(H,21,22,24)/t17-,19+/m0/s1. The van der Waals surface area contributed by atoms with Gasteiger partial charge in [0.15, 0.2) is 5.82 Å². The van der Waals surface area contributed by atoms with Crippen molar-refractivity contribution in [1.29, 1.82) is 0 Å². The van der Waals surface area contributed by atoms with Gasteiger partial charge in [-0.15, -0.1) is 0 Å². The quantitative estimate of drug-likeness (QED) is 0.718. The van der Waals surface area contributed by atoms with E-state index in [9.17, 15) is 4.79 Å². The van der Waals surface area contributed by atoms with Gasteiger partial charge in [0, 0.05) is 12.1 Å². The zero-order chi connectivity index (χ0) is 17.9. The highest BCUT2D eigenvalue weighted by Crippen LogP contribution is 2.39. The highest BCUT2D eigenvalue weighted by Gasteiger charge is 2.37. The molecule has 0 radical (unpaired) electrons. The number of hydrogen-bond acceptors (Lipinski definition) is 5. The van der Waals surface area contributed by atoms with Crippen molar-refractivity contribution < 1.29 is 9.32 Å². The number of rotatable bonds is 5. The van der Waals surface area contributed by atoms with Crippen molar-refractivity contribution in [2.75, 3.05) is 11.9 Å². The van der Waals surface area contributed by atoms with Crippen LogP contribution in [0.4, 0.5) is 5.82 Å². The van der Waals surface area contributed by atoms with Gasteiger partial charge in [0.05, 0.1) is 0 Å². The summed E-state index contributed by atoms with van der Waals surface area (Å²) >= 11 is 1.70. The molecular weight excluding hydrogens is 346 g/mol. The Morgan fingerprint density at radius 1 is 1.35 bits per heavy atom. The summed E-state index contributed by atoms with van der Waals surface area (Å²) in [5.41, 5.74) is 2.28. The van der Waals surface area contributed by atoms with Crippen LogP contribution >= 0.6 is 11.3 Å². The van der Waals surface area contributed by atoms with Crippen LogP contribution in [0.25, 0.3) is 0 Å². The summed E-state index contributed by atoms with van der Waals surface area (Å²) in [6, 6.07) is 13.8. The SMILES string of the molecule is Cc1cc(NC(=O)[C@@H](c2ccccc2)N2CCC[C@H]2c2ccsc2)no1. The number of aryl methyl sites for hydroxylation is 1. The van der Waals surface area contributed by atoms with Gasteiger partial charge in [-0.25, -0.2) is 0 Å². The first-order valence-electron chi connectivity index (χ1n) is 8.79. The molecule has 0 aliphatic carbocycles. The molecule has 2 aromatic heterocycles. The Hall–Kier alpha value is -2.44. The second kappa shape index (κ2) is 7.43. The molecule has 6 heteroatoms. The number of carbonyl (C=O) groups excluding carboxylic acids is 1. The topological polar surface area (TPSA) is 58.4 Å². The van der Waals surface area contributed by atoms with Crippen molar-refractivity contribution in [3.05, 3.63) is 70.1 Å². The van der Waals surface area contributed by atoms with Gasteiger partial charge in [0.2, 0.25) is 5.91 Å². The first-order chi connectivity index (χ1) is 12.7. The zero-order valence-corrected chi connectivity index (χ0v) is 15.4. The Morgan fingerprint density at radius 2 is 2.19 bits per heavy atom. The third-order valence-corrected chi connectivity index (χ3v) is 5.50. The Labute approximate surface area is 156 Å². The molecule has 0 spiro atoms. The minimum absolute atomic E-state index is 0.0772. The first-order valence-corrected chi connectivity index (χ1v) is 9.73. The monoisotopic (exact) mass is 367 g/mol. The van der Waals surface area contributed by atoms with Gasteiger partial charge in [0.1, 0.15) is 11.8 Å². The molecule has 1 saturated heterocycles. The lowest BCUT2D eigenvalue weighted by Gasteiger charge is -2.32. The summed E-state index contributed by atoms with van der Waals surface area (Å²) in [6.45, 7) is 2.70. The molecule has 3 aromatic rings. The van der Waals surface area contributed by atoms with Crippen LogP contribution in [0.5, 0.6) is 0 Å². The average molecular weight is 367 g/mol. The van der Waals surface area contributed by atoms with E-state index in [0.717, 1.165) is 24.9 Å². The molecule has 1 aliphatic heterocycles. The van der Waals surface area contributed by atoms with Gasteiger partial charge >= 0.3 is 0 Å². The number of amides is 1. The van der Waals surface area contributed by atoms with E-state index >= 15 is 0 Å². The van der Waals surface area contributed by atoms with Gasteiger partial charge in [-0.1, -0.05) is 35.5 Å². The van der Waals surface area contributed by atoms with Crippen LogP contribution in [0.15, 0.2) is 57.7 Å². The molecule has 134 valence electrons. The van der Waals surface area contributed by atoms with Crippen LogP contribution in [-0.2, 0) is 4.79 Å². The molecule has 1 aromatic carbocycles. The second-order valence-electron chi connectivity index (χ2n) is 6.58. The number of nitrogens with zero attached hydrogens (tertiary/aromatic N) is 2. The Morgan fingerprint density at radius 3 is 2.88 bits per heavy atom. The lowest BCUT2D eigenvalue weighted by molar-refractivity contribution is -0.122. The molecule has 1 aliphatic rings. The summed E-state index contributed by atoms with van der Waals surface area (Å²) in [7, 11) is 0. The number of likely N-dealkylation sites (tertiary alicyclic amines) is 1. The maximum absolute atomic E-state index is 13.2. The minimum Gasteiger partial charge on any atom is -0.360 e. The maximum atomic E-state index is 13.2. The minimum atomic E-state index is -0.361. The molecule has 26 heavy (non-hydrogen) atoms. The lowest BCUT2D eigenvalue weighted by Crippen LogP contribution is -2.37. The molecule has 1 N–H and O–H groups in total. The Kier molecular flexibility index (Phi) is 4.86. The summed E-state index contributed by atoms with van der Waals surface area (Å²) in [5.74, 6) is 1.06. The fourth-order valence-corrected chi connectivity index (χ4v) is 4.38. The summed E-state index contributed by atoms with van der Waals surface area (Å²) in [6.07, 6.45) is 2.15. The normalized spacial score (nSPS) is 18.7. The molecule has 0 unspecified atom stereocenters. The molecule has 5 nitrogen and oxygen atoms in total. The van der Waals surface area contributed by atoms with Gasteiger partial charge in [0.25, 0.3) is 0 Å². The van der Waals surface area contributed by atoms with Crippen molar-refractivity contribution >= 4 is 23.1 Å². The Balaban J connectivity index is 1.65. The molecule has 1 amide bonds. The highest BCUT2D eigenvalue weighted by atomic mass is 32.1. The molecule has 0 bridgehead atoms. The lowest BCUT2D eigenvalue weighted by atomic mass is 10.0. The van der Waals surface area contributed by atoms with Crippen LogP contribution in [0.3, 0.4) is 0 Å². The number of aromatic nitrogens is 1. The molecule has 3 heterocycles. The van der Waals surface area contributed by atoms with Crippen molar-refractivity contribution in [2.24, 2.45) is 0 Å². The number of hydrogen-bond donors (Lipinski definition) is 1. The largest absolute Gasteiger partial charge is 0.360 e. The number of nitrogens with one attached hydrogen (secondary N) is 1. The van der Waals surface area contributed by atoms with Crippen LogP contribution in [-0.4, -0.2) is 22.5 Å². The number of benzene rings is 1. The van der Waals surface area contributed by atoms with Crippen molar-refractivity contribution in [1.82, 2.24) is 10.1 Å². The van der Waals surface area contributed by atoms with Gasteiger partial charge in [-0.05, 0) is 54.3 Å². The fourth-order valence-electron chi connectivity index (χ4n) is 3.67. The van der Waals surface area contributed by atoms with E-state index < -0.39 is 0 Å². The van der Waals surface area contributed by atoms with E-state index in [1.54, 1.807) is 17.4 Å². The average Bonchev–Trinajstić information content (AvgIpc) is 3.38. The van der Waals surface area contributed by atoms with E-state index in [1.165, 1.54) is 5.56 Å². The third kappa shape index (κ3) is 3.43. The number of anilines is 1. The summed E-state index contributed by atoms with van der Waals surface area (Å²) in [5, 5.41) is 11.1. The van der Waals surface area contributed by atoms with Crippen molar-refractivity contribution in [2.45, 2.75) is 31.8 Å². The number of carbonyl (C=O) groups is 1. The summed E-state index contributed by atoms with van der Waals surface area (Å²) < 4.78 is 5.08. The molecule has 1 fully saturated rings. The highest BCUT2D eigenvalue weighted by molar-refractivity contribution is 7.07. The zero-order valence-electron chi connectivity index (χ0n) is 14.6. The molecule has 4 rings (SSSR count). The molecule has 2 atom stereocenters. The fraction of sp³-hybridized carbons (Fsp3) is 0.300. The van der Waals surface area contributed by atoms with E-state index in [1.807, 2.05) is 37.3 Å². The second-order valence-corrected chi connectivity index (χ2v) is 7.36. The Bertz CT molecular complexity index is 860. The van der Waals surface area contributed by atoms with Crippen LogP contribution in [0, 0.1) is 6.92 Å². The van der Waals surface area contributed by atoms with Crippen LogP contribution in [0.2, 0.25) is 0 Å². The van der Waals surface area contributed by atoms with Crippen LogP contribution < -0.4 is 5.32 Å². The van der Waals surface area contributed by atoms with Gasteiger partial charge < -0.3 is 9.84 Å². The maximum Gasteiger partial charge on any atom is 0.247 e. The van der Waals surface area contributed by atoms with Crippen LogP contribution in [0.1, 0.15) is 41.8 Å². The van der Waals surface area contributed by atoms with Crippen molar-refractivity contribution in [3.63, 3.8) is 0 Å². The van der Waals surface area contributed by atoms with Gasteiger partial charge in [-0.3, -0.25) is 9.69 Å². The molecular formula is C20H21N3O2S. The van der Waals surface area contributed by atoms with Crippen molar-refractivity contribution in [3.8, 4) is 0 Å². The van der Waals surface area contributed by atoms with E-state index in [4.69, 9.17) is 4.52 Å². The number of thiophene rings is 1. The smallest absolute Gasteiger partial charge is 0.247 e. The predicted molar refractivity (Wildman–Crippen MR) is 102 cm³/mol. The summed E-state index contributed by atoms with van der Waals surface area (Å²) in [4.78, 5) is 15.5. The molecule has 0 saturated carbocycles.